The SMILES string of the molecule is CCN(C)C(=O)Nc1cc(CNc2ccccc2C(=O)Nc2ccc3cn(C)nc3c2)ccn1.CN(C)C(=O)Nc1cc(CNc2ccccc2C(=O)Nc2cc(F)c3cn(C)nc3c2)ccn1. The highest BCUT2D eigenvalue weighted by atomic mass is 19.1. The van der Waals surface area contributed by atoms with Crippen molar-refractivity contribution in [2.45, 2.75) is 20.0 Å². The van der Waals surface area contributed by atoms with Crippen molar-refractivity contribution in [3.05, 3.63) is 156 Å². The highest BCUT2D eigenvalue weighted by Gasteiger charge is 2.16. The zero-order valence-corrected chi connectivity index (χ0v) is 38.3. The predicted octanol–water partition coefficient (Wildman–Crippen LogP) is 8.38. The van der Waals surface area contributed by atoms with Gasteiger partial charge in [0, 0.05) is 108 Å². The van der Waals surface area contributed by atoms with E-state index in [1.54, 1.807) is 98.8 Å². The molecular weight excluding hydrogens is 868 g/mol. The molecule has 0 aliphatic rings. The highest BCUT2D eigenvalue weighted by molar-refractivity contribution is 6.09. The molecule has 19 heteroatoms. The minimum absolute atomic E-state index is 0.217. The molecule has 0 atom stereocenters. The minimum atomic E-state index is -0.456. The number of carbonyl (C=O) groups is 4. The molecule has 0 fully saturated rings. The van der Waals surface area contributed by atoms with E-state index < -0.39 is 5.82 Å². The van der Waals surface area contributed by atoms with Gasteiger partial charge in [-0.25, -0.2) is 23.9 Å². The summed E-state index contributed by atoms with van der Waals surface area (Å²) in [6, 6.07) is 29.7. The number of aryl methyl sites for hydroxylation is 2. The Kier molecular flexibility index (Phi) is 14.8. The summed E-state index contributed by atoms with van der Waals surface area (Å²) in [7, 11) is 8.58. The number of halogens is 1. The van der Waals surface area contributed by atoms with Gasteiger partial charge < -0.3 is 31.1 Å². The summed E-state index contributed by atoms with van der Waals surface area (Å²) in [6.07, 6.45) is 6.76. The van der Waals surface area contributed by atoms with Crippen molar-refractivity contribution >= 4 is 80.1 Å². The summed E-state index contributed by atoms with van der Waals surface area (Å²) in [5.41, 5.74) is 6.28. The van der Waals surface area contributed by atoms with Crippen molar-refractivity contribution in [2.75, 3.05) is 59.6 Å². The second-order valence-electron chi connectivity index (χ2n) is 15.8. The van der Waals surface area contributed by atoms with Gasteiger partial charge in [-0.2, -0.15) is 10.2 Å². The van der Waals surface area contributed by atoms with Crippen LogP contribution in [0.15, 0.2) is 128 Å². The first-order valence-electron chi connectivity index (χ1n) is 21.5. The maximum absolute atomic E-state index is 14.4. The molecule has 4 aromatic carbocycles. The average Bonchev–Trinajstić information content (AvgIpc) is 3.90. The van der Waals surface area contributed by atoms with E-state index in [1.165, 1.54) is 15.6 Å². The summed E-state index contributed by atoms with van der Waals surface area (Å²) in [5.74, 6) is -0.159. The summed E-state index contributed by atoms with van der Waals surface area (Å²) < 4.78 is 17.7. The van der Waals surface area contributed by atoms with E-state index >= 15 is 0 Å². The monoisotopic (exact) mass is 918 g/mol. The Morgan fingerprint density at radius 1 is 0.603 bits per heavy atom. The third-order valence-electron chi connectivity index (χ3n) is 10.5. The van der Waals surface area contributed by atoms with Gasteiger partial charge in [-0.1, -0.05) is 24.3 Å². The maximum Gasteiger partial charge on any atom is 0.322 e. The molecule has 0 radical (unpaired) electrons. The smallest absolute Gasteiger partial charge is 0.322 e. The van der Waals surface area contributed by atoms with E-state index in [9.17, 15) is 23.6 Å². The van der Waals surface area contributed by atoms with E-state index in [1.807, 2.05) is 74.8 Å². The van der Waals surface area contributed by atoms with Crippen LogP contribution in [-0.4, -0.2) is 90.9 Å². The number of hydrogen-bond acceptors (Lipinski definition) is 10. The number of nitrogens with one attached hydrogen (secondary N) is 6. The van der Waals surface area contributed by atoms with Crippen LogP contribution in [0.4, 0.5) is 48.4 Å². The van der Waals surface area contributed by atoms with Gasteiger partial charge in [0.05, 0.1) is 27.5 Å². The third kappa shape index (κ3) is 12.1. The van der Waals surface area contributed by atoms with Crippen molar-refractivity contribution in [2.24, 2.45) is 14.1 Å². The lowest BCUT2D eigenvalue weighted by Crippen LogP contribution is -2.31. The summed E-state index contributed by atoms with van der Waals surface area (Å²) in [4.78, 5) is 61.3. The Morgan fingerprint density at radius 3 is 1.72 bits per heavy atom. The molecule has 8 aromatic rings. The largest absolute Gasteiger partial charge is 0.380 e. The van der Waals surface area contributed by atoms with Crippen LogP contribution < -0.4 is 31.9 Å². The van der Waals surface area contributed by atoms with Crippen LogP contribution in [-0.2, 0) is 27.2 Å². The quantitative estimate of drug-likeness (QED) is 0.0651. The number of pyridine rings is 2. The van der Waals surface area contributed by atoms with E-state index in [-0.39, 0.29) is 23.9 Å². The molecule has 18 nitrogen and oxygen atoms in total. The first kappa shape index (κ1) is 47.1. The van der Waals surface area contributed by atoms with Crippen molar-refractivity contribution in [3.63, 3.8) is 0 Å². The Bertz CT molecular complexity index is 3110. The molecule has 0 aliphatic heterocycles. The number of rotatable bonds is 13. The van der Waals surface area contributed by atoms with Crippen LogP contribution in [0.1, 0.15) is 38.8 Å². The van der Waals surface area contributed by atoms with Crippen molar-refractivity contribution in [1.82, 2.24) is 39.3 Å². The molecule has 4 aromatic heterocycles. The Balaban J connectivity index is 0.000000201. The second kappa shape index (κ2) is 21.4. The number of para-hydroxylation sites is 2. The number of urea groups is 2. The van der Waals surface area contributed by atoms with Gasteiger partial charge in [0.25, 0.3) is 11.8 Å². The molecule has 348 valence electrons. The minimum Gasteiger partial charge on any atom is -0.380 e. The van der Waals surface area contributed by atoms with Crippen LogP contribution in [0.2, 0.25) is 0 Å². The number of nitrogens with zero attached hydrogens (tertiary/aromatic N) is 8. The molecule has 6 N–H and O–H groups in total. The number of hydrogen-bond donors (Lipinski definition) is 6. The van der Waals surface area contributed by atoms with Crippen LogP contribution in [0, 0.1) is 5.82 Å². The Morgan fingerprint density at radius 2 is 1.13 bits per heavy atom. The molecule has 6 amide bonds. The summed E-state index contributed by atoms with van der Waals surface area (Å²) >= 11 is 0. The van der Waals surface area contributed by atoms with E-state index in [0.29, 0.717) is 76.0 Å². The van der Waals surface area contributed by atoms with Crippen molar-refractivity contribution < 1.29 is 23.6 Å². The van der Waals surface area contributed by atoms with Gasteiger partial charge in [-0.05, 0) is 96.9 Å². The highest BCUT2D eigenvalue weighted by Crippen LogP contribution is 2.25. The molecule has 0 saturated carbocycles. The van der Waals surface area contributed by atoms with Gasteiger partial charge in [-0.15, -0.1) is 0 Å². The van der Waals surface area contributed by atoms with Crippen molar-refractivity contribution in [1.29, 1.82) is 0 Å². The first-order chi connectivity index (χ1) is 32.7. The Labute approximate surface area is 391 Å². The maximum atomic E-state index is 14.4. The lowest BCUT2D eigenvalue weighted by atomic mass is 10.1. The fourth-order valence-corrected chi connectivity index (χ4v) is 6.83. The van der Waals surface area contributed by atoms with Crippen LogP contribution >= 0.6 is 0 Å². The molecule has 0 unspecified atom stereocenters. The number of anilines is 6. The molecule has 4 heterocycles. The predicted molar refractivity (Wildman–Crippen MR) is 263 cm³/mol. The average molecular weight is 919 g/mol. The fourth-order valence-electron chi connectivity index (χ4n) is 6.83. The van der Waals surface area contributed by atoms with Gasteiger partial charge in [0.15, 0.2) is 0 Å². The number of benzene rings is 4. The molecule has 68 heavy (non-hydrogen) atoms. The van der Waals surface area contributed by atoms with E-state index in [4.69, 9.17) is 0 Å². The number of aromatic nitrogens is 6. The topological polar surface area (TPSA) is 208 Å². The van der Waals surface area contributed by atoms with Crippen LogP contribution in [0.5, 0.6) is 0 Å². The van der Waals surface area contributed by atoms with Gasteiger partial charge in [0.1, 0.15) is 17.5 Å². The fraction of sp³-hybridized carbons (Fsp3) is 0.184. The number of fused-ring (bicyclic) bond motifs is 2. The molecule has 0 saturated heterocycles. The van der Waals surface area contributed by atoms with Gasteiger partial charge >= 0.3 is 12.1 Å². The zero-order valence-electron chi connectivity index (χ0n) is 38.3. The van der Waals surface area contributed by atoms with Gasteiger partial charge in [0.2, 0.25) is 0 Å². The lowest BCUT2D eigenvalue weighted by molar-refractivity contribution is 0.101. The Hall–Kier alpha value is -8.87. The van der Waals surface area contributed by atoms with Crippen LogP contribution in [0.3, 0.4) is 0 Å². The van der Waals surface area contributed by atoms with Crippen molar-refractivity contribution in [3.8, 4) is 0 Å². The molecule has 0 bridgehead atoms. The van der Waals surface area contributed by atoms with E-state index in [2.05, 4.69) is 52.1 Å². The molecule has 0 spiro atoms. The third-order valence-corrected chi connectivity index (χ3v) is 10.5. The normalized spacial score (nSPS) is 10.7. The van der Waals surface area contributed by atoms with Gasteiger partial charge in [-0.3, -0.25) is 29.6 Å². The van der Waals surface area contributed by atoms with Crippen LogP contribution in [0.25, 0.3) is 21.8 Å². The molecule has 8 rings (SSSR count). The molecular formula is C49H51FN14O4. The summed E-state index contributed by atoms with van der Waals surface area (Å²) in [5, 5.41) is 27.7. The zero-order chi connectivity index (χ0) is 48.3. The second-order valence-corrected chi connectivity index (χ2v) is 15.8. The van der Waals surface area contributed by atoms with E-state index in [0.717, 1.165) is 22.0 Å². The molecule has 0 aliphatic carbocycles. The standard InChI is InChI=1S/C25H27N7O2.C24H24FN7O2/c1-4-31(2)25(34)29-23-13-17(11-12-26-23)15-27-21-8-6-5-7-20(21)24(33)28-19-10-9-18-16-32(3)30-22(18)14-19;1-31(2)24(34)29-22-10-15(8-9-26-22)13-27-20-7-5-4-6-17(20)23(33)28-16-11-19(25)18-14-32(3)30-21(18)12-16/h5-14,16,27H,4,15H2,1-3H3,(H,28,33)(H,26,29,34);4-12,14,27H,13H2,1-3H3,(H,28,33)(H,26,29,34). The summed E-state index contributed by atoms with van der Waals surface area (Å²) in [6.45, 7) is 3.35. The lowest BCUT2D eigenvalue weighted by Gasteiger charge is -2.16. The number of amides is 6. The number of carbonyl (C=O) groups excluding carboxylic acids is 4. The first-order valence-corrected chi connectivity index (χ1v) is 21.5.